The molecule has 166 valence electrons. The number of carbonyl (C=O) groups is 1. The van der Waals surface area contributed by atoms with Crippen LogP contribution in [-0.4, -0.2) is 25.3 Å². The van der Waals surface area contributed by atoms with Gasteiger partial charge in [-0.2, -0.15) is 5.10 Å². The molecule has 0 aromatic heterocycles. The van der Waals surface area contributed by atoms with Crippen LogP contribution in [0.15, 0.2) is 71.8 Å². The summed E-state index contributed by atoms with van der Waals surface area (Å²) in [6, 6.07) is 20.6. The smallest absolute Gasteiger partial charge is 0.271 e. The monoisotopic (exact) mass is 544 g/mol. The van der Waals surface area contributed by atoms with Crippen LogP contribution in [0, 0.1) is 3.57 Å². The quantitative estimate of drug-likeness (QED) is 0.210. The van der Waals surface area contributed by atoms with Crippen molar-refractivity contribution in [2.75, 3.05) is 13.2 Å². The molecule has 7 heteroatoms. The first-order valence-electron chi connectivity index (χ1n) is 10.3. The number of halogens is 1. The van der Waals surface area contributed by atoms with Gasteiger partial charge < -0.3 is 14.2 Å². The van der Waals surface area contributed by atoms with E-state index in [1.807, 2.05) is 56.3 Å². The van der Waals surface area contributed by atoms with Gasteiger partial charge in [0.2, 0.25) is 0 Å². The average Bonchev–Trinajstić information content (AvgIpc) is 2.80. The Hall–Kier alpha value is -3.07. The van der Waals surface area contributed by atoms with Crippen LogP contribution in [0.1, 0.15) is 35.3 Å². The van der Waals surface area contributed by atoms with Crippen LogP contribution in [0.3, 0.4) is 0 Å². The molecule has 0 aliphatic carbocycles. The molecule has 0 unspecified atom stereocenters. The van der Waals surface area contributed by atoms with Crippen molar-refractivity contribution in [3.8, 4) is 17.2 Å². The lowest BCUT2D eigenvalue weighted by molar-refractivity contribution is 0.0955. The van der Waals surface area contributed by atoms with Gasteiger partial charge in [0.25, 0.3) is 5.91 Å². The van der Waals surface area contributed by atoms with Gasteiger partial charge in [-0.1, -0.05) is 12.1 Å². The summed E-state index contributed by atoms with van der Waals surface area (Å²) in [5, 5.41) is 4.06. The second kappa shape index (κ2) is 12.1. The van der Waals surface area contributed by atoms with E-state index in [1.54, 1.807) is 30.5 Å². The molecule has 0 aliphatic heterocycles. The Morgan fingerprint density at radius 1 is 0.906 bits per heavy atom. The summed E-state index contributed by atoms with van der Waals surface area (Å²) in [4.78, 5) is 12.3. The zero-order valence-corrected chi connectivity index (χ0v) is 20.2. The minimum Gasteiger partial charge on any atom is -0.494 e. The maximum atomic E-state index is 12.3. The largest absolute Gasteiger partial charge is 0.494 e. The predicted octanol–water partition coefficient (Wildman–Crippen LogP) is 5.43. The highest BCUT2D eigenvalue weighted by atomic mass is 127. The Morgan fingerprint density at radius 2 is 1.62 bits per heavy atom. The fourth-order valence-electron chi connectivity index (χ4n) is 2.83. The van der Waals surface area contributed by atoms with Crippen LogP contribution in [-0.2, 0) is 6.61 Å². The van der Waals surface area contributed by atoms with Gasteiger partial charge in [-0.25, -0.2) is 5.43 Å². The topological polar surface area (TPSA) is 69.2 Å². The number of rotatable bonds is 10. The second-order valence-corrected chi connectivity index (χ2v) is 7.96. The maximum absolute atomic E-state index is 12.3. The van der Waals surface area contributed by atoms with E-state index in [0.29, 0.717) is 36.9 Å². The predicted molar refractivity (Wildman–Crippen MR) is 134 cm³/mol. The molecule has 0 radical (unpaired) electrons. The van der Waals surface area contributed by atoms with Gasteiger partial charge >= 0.3 is 0 Å². The van der Waals surface area contributed by atoms with E-state index in [1.165, 1.54) is 3.57 Å². The number of ether oxygens (including phenoxy) is 3. The third-order valence-electron chi connectivity index (χ3n) is 4.38. The normalized spacial score (nSPS) is 10.7. The molecule has 0 saturated carbocycles. The zero-order chi connectivity index (χ0) is 22.8. The van der Waals surface area contributed by atoms with Gasteiger partial charge in [-0.05, 0) is 102 Å². The van der Waals surface area contributed by atoms with Crippen LogP contribution in [0.2, 0.25) is 0 Å². The van der Waals surface area contributed by atoms with E-state index in [9.17, 15) is 4.79 Å². The molecule has 0 bridgehead atoms. The number of hydrogen-bond donors (Lipinski definition) is 1. The highest BCUT2D eigenvalue weighted by molar-refractivity contribution is 14.1. The van der Waals surface area contributed by atoms with Crippen molar-refractivity contribution in [3.05, 3.63) is 87.0 Å². The standard InChI is InChI=1S/C25H25IN2O4/c1-3-30-22-12-8-20(9-13-22)25(29)28-27-16-19-7-14-23(24(15-19)31-4-2)32-17-18-5-10-21(26)11-6-18/h5-16H,3-4,17H2,1-2H3,(H,28,29)/b27-16-. The highest BCUT2D eigenvalue weighted by Crippen LogP contribution is 2.29. The lowest BCUT2D eigenvalue weighted by Gasteiger charge is -2.12. The number of carbonyl (C=O) groups excluding carboxylic acids is 1. The van der Waals surface area contributed by atoms with Gasteiger partial charge in [-0.3, -0.25) is 4.79 Å². The zero-order valence-electron chi connectivity index (χ0n) is 18.0. The summed E-state index contributed by atoms with van der Waals surface area (Å²) in [6.45, 7) is 5.36. The van der Waals surface area contributed by atoms with E-state index in [4.69, 9.17) is 14.2 Å². The lowest BCUT2D eigenvalue weighted by Crippen LogP contribution is -2.17. The summed E-state index contributed by atoms with van der Waals surface area (Å²) in [5.41, 5.74) is 4.89. The van der Waals surface area contributed by atoms with Crippen LogP contribution >= 0.6 is 22.6 Å². The van der Waals surface area contributed by atoms with E-state index in [2.05, 4.69) is 33.1 Å². The van der Waals surface area contributed by atoms with Gasteiger partial charge in [0.05, 0.1) is 19.4 Å². The van der Waals surface area contributed by atoms with Gasteiger partial charge in [0.15, 0.2) is 11.5 Å². The Bertz CT molecular complexity index is 1050. The van der Waals surface area contributed by atoms with Crippen molar-refractivity contribution in [2.24, 2.45) is 5.10 Å². The first-order chi connectivity index (χ1) is 15.6. The van der Waals surface area contributed by atoms with Crippen molar-refractivity contribution < 1.29 is 19.0 Å². The van der Waals surface area contributed by atoms with Crippen molar-refractivity contribution in [3.63, 3.8) is 0 Å². The molecule has 1 N–H and O–H groups in total. The number of benzene rings is 3. The molecular weight excluding hydrogens is 519 g/mol. The Balaban J connectivity index is 1.61. The maximum Gasteiger partial charge on any atom is 0.271 e. The summed E-state index contributed by atoms with van der Waals surface area (Å²) in [5.74, 6) is 1.70. The van der Waals surface area contributed by atoms with Gasteiger partial charge in [0, 0.05) is 9.13 Å². The van der Waals surface area contributed by atoms with Gasteiger partial charge in [-0.15, -0.1) is 0 Å². The average molecular weight is 544 g/mol. The fraction of sp³-hybridized carbons (Fsp3) is 0.200. The summed E-state index contributed by atoms with van der Waals surface area (Å²) in [7, 11) is 0. The van der Waals surface area contributed by atoms with Crippen molar-refractivity contribution >= 4 is 34.7 Å². The molecule has 3 rings (SSSR count). The Morgan fingerprint density at radius 3 is 2.31 bits per heavy atom. The van der Waals surface area contributed by atoms with Crippen molar-refractivity contribution in [1.82, 2.24) is 5.43 Å². The highest BCUT2D eigenvalue weighted by Gasteiger charge is 2.08. The summed E-state index contributed by atoms with van der Waals surface area (Å²) >= 11 is 2.27. The summed E-state index contributed by atoms with van der Waals surface area (Å²) in [6.07, 6.45) is 1.57. The Kier molecular flexibility index (Phi) is 8.91. The third-order valence-corrected chi connectivity index (χ3v) is 5.10. The molecule has 0 atom stereocenters. The third kappa shape index (κ3) is 6.98. The molecule has 0 spiro atoms. The van der Waals surface area contributed by atoms with Gasteiger partial charge in [0.1, 0.15) is 12.4 Å². The SMILES string of the molecule is CCOc1ccc(C(=O)N/N=C\c2ccc(OCc3ccc(I)cc3)c(OCC)c2)cc1. The van der Waals surface area contributed by atoms with Crippen LogP contribution in [0.4, 0.5) is 0 Å². The Labute approximate surface area is 201 Å². The van der Waals surface area contributed by atoms with E-state index in [0.717, 1.165) is 16.9 Å². The van der Waals surface area contributed by atoms with E-state index < -0.39 is 0 Å². The molecule has 32 heavy (non-hydrogen) atoms. The van der Waals surface area contributed by atoms with E-state index >= 15 is 0 Å². The number of amides is 1. The molecule has 6 nitrogen and oxygen atoms in total. The second-order valence-electron chi connectivity index (χ2n) is 6.71. The first kappa shape index (κ1) is 23.6. The number of nitrogens with zero attached hydrogens (tertiary/aromatic N) is 1. The fourth-order valence-corrected chi connectivity index (χ4v) is 3.19. The first-order valence-corrected chi connectivity index (χ1v) is 11.4. The lowest BCUT2D eigenvalue weighted by atomic mass is 10.2. The molecule has 3 aromatic carbocycles. The summed E-state index contributed by atoms with van der Waals surface area (Å²) < 4.78 is 18.2. The molecule has 3 aromatic rings. The van der Waals surface area contributed by atoms with Crippen LogP contribution < -0.4 is 19.6 Å². The number of hydrazone groups is 1. The molecule has 0 fully saturated rings. The van der Waals surface area contributed by atoms with E-state index in [-0.39, 0.29) is 5.91 Å². The number of nitrogens with one attached hydrogen (secondary N) is 1. The molecular formula is C25H25IN2O4. The van der Waals surface area contributed by atoms with Crippen LogP contribution in [0.25, 0.3) is 0 Å². The number of hydrogen-bond acceptors (Lipinski definition) is 5. The molecule has 0 saturated heterocycles. The van der Waals surface area contributed by atoms with Crippen molar-refractivity contribution in [1.29, 1.82) is 0 Å². The molecule has 1 amide bonds. The van der Waals surface area contributed by atoms with Crippen molar-refractivity contribution in [2.45, 2.75) is 20.5 Å². The minimum atomic E-state index is -0.299. The molecule has 0 heterocycles. The van der Waals surface area contributed by atoms with Crippen LogP contribution in [0.5, 0.6) is 17.2 Å². The minimum absolute atomic E-state index is 0.299. The molecule has 0 aliphatic rings.